The fourth-order valence-corrected chi connectivity index (χ4v) is 2.33. The monoisotopic (exact) mass is 153 g/mol. The Hall–Kier alpha value is -0.0400. The zero-order valence-corrected chi connectivity index (χ0v) is 7.47. The molecule has 1 saturated carbocycles. The zero-order chi connectivity index (χ0) is 7.68. The zero-order valence-electron chi connectivity index (χ0n) is 7.47. The van der Waals surface area contributed by atoms with E-state index in [-0.39, 0.29) is 0 Å². The van der Waals surface area contributed by atoms with Crippen molar-refractivity contribution in [3.8, 4) is 0 Å². The van der Waals surface area contributed by atoms with Gasteiger partial charge in [0.15, 0.2) is 0 Å². The van der Waals surface area contributed by atoms with Gasteiger partial charge in [0.05, 0.1) is 0 Å². The van der Waals surface area contributed by atoms with Crippen LogP contribution < -0.4 is 5.32 Å². The largest absolute Gasteiger partial charge is 0.314 e. The minimum absolute atomic E-state index is 0.882. The molecule has 0 aromatic carbocycles. The molecular formula is C10H19N. The lowest BCUT2D eigenvalue weighted by atomic mass is 10.1. The highest BCUT2D eigenvalue weighted by atomic mass is 14.9. The van der Waals surface area contributed by atoms with Crippen molar-refractivity contribution in [3.63, 3.8) is 0 Å². The van der Waals surface area contributed by atoms with Gasteiger partial charge in [-0.15, -0.1) is 0 Å². The smallest absolute Gasteiger partial charge is 0.00979 e. The minimum atomic E-state index is 0.882. The summed E-state index contributed by atoms with van der Waals surface area (Å²) in [7, 11) is 0. The van der Waals surface area contributed by atoms with E-state index >= 15 is 0 Å². The molecule has 1 nitrogen and oxygen atoms in total. The van der Waals surface area contributed by atoms with Crippen molar-refractivity contribution < 1.29 is 0 Å². The van der Waals surface area contributed by atoms with Crippen LogP contribution in [0, 0.1) is 11.8 Å². The molecule has 11 heavy (non-hydrogen) atoms. The van der Waals surface area contributed by atoms with E-state index in [1.54, 1.807) is 0 Å². The topological polar surface area (TPSA) is 12.0 Å². The maximum atomic E-state index is 3.67. The lowest BCUT2D eigenvalue weighted by Gasteiger charge is -2.14. The first-order valence-electron chi connectivity index (χ1n) is 5.11. The molecule has 0 amide bonds. The molecule has 1 saturated heterocycles. The van der Waals surface area contributed by atoms with Crippen molar-refractivity contribution in [3.05, 3.63) is 0 Å². The molecule has 0 aromatic heterocycles. The normalized spacial score (nSPS) is 45.0. The summed E-state index contributed by atoms with van der Waals surface area (Å²) in [6.07, 6.45) is 7.23. The van der Waals surface area contributed by atoms with Gasteiger partial charge in [-0.25, -0.2) is 0 Å². The third-order valence-corrected chi connectivity index (χ3v) is 3.29. The van der Waals surface area contributed by atoms with Gasteiger partial charge in [0.25, 0.3) is 0 Å². The summed E-state index contributed by atoms with van der Waals surface area (Å²) in [4.78, 5) is 0. The molecule has 0 radical (unpaired) electrons. The Balaban J connectivity index is 1.82. The van der Waals surface area contributed by atoms with Crippen LogP contribution in [0.3, 0.4) is 0 Å². The molecule has 3 atom stereocenters. The highest BCUT2D eigenvalue weighted by Crippen LogP contribution is 2.42. The van der Waals surface area contributed by atoms with Crippen LogP contribution in [0.15, 0.2) is 0 Å². The summed E-state index contributed by atoms with van der Waals surface area (Å²) in [6.45, 7) is 3.66. The van der Waals surface area contributed by atoms with Crippen LogP contribution in [0.25, 0.3) is 0 Å². The molecular weight excluding hydrogens is 134 g/mol. The molecule has 2 fully saturated rings. The third kappa shape index (κ3) is 1.76. The number of hydrogen-bond acceptors (Lipinski definition) is 1. The average molecular weight is 153 g/mol. The molecule has 0 aromatic rings. The molecule has 1 aliphatic heterocycles. The summed E-state index contributed by atoms with van der Waals surface area (Å²) >= 11 is 0. The Labute approximate surface area is 69.6 Å². The lowest BCUT2D eigenvalue weighted by molar-refractivity contribution is 0.442. The van der Waals surface area contributed by atoms with Crippen LogP contribution >= 0.6 is 0 Å². The molecule has 3 unspecified atom stereocenters. The molecule has 1 aliphatic carbocycles. The first-order valence-corrected chi connectivity index (χ1v) is 5.11. The van der Waals surface area contributed by atoms with Crippen LogP contribution in [0.5, 0.6) is 0 Å². The van der Waals surface area contributed by atoms with E-state index in [1.165, 1.54) is 38.6 Å². The van der Waals surface area contributed by atoms with Crippen molar-refractivity contribution in [1.82, 2.24) is 5.32 Å². The van der Waals surface area contributed by atoms with Gasteiger partial charge in [0, 0.05) is 6.04 Å². The van der Waals surface area contributed by atoms with Gasteiger partial charge in [-0.3, -0.25) is 0 Å². The van der Waals surface area contributed by atoms with Crippen LogP contribution in [0.4, 0.5) is 0 Å². The first kappa shape index (κ1) is 7.60. The Bertz CT molecular complexity index is 125. The van der Waals surface area contributed by atoms with Gasteiger partial charge >= 0.3 is 0 Å². The Morgan fingerprint density at radius 3 is 2.73 bits per heavy atom. The van der Waals surface area contributed by atoms with E-state index in [2.05, 4.69) is 12.2 Å². The summed E-state index contributed by atoms with van der Waals surface area (Å²) in [5, 5.41) is 3.67. The van der Waals surface area contributed by atoms with E-state index in [0.29, 0.717) is 0 Å². The third-order valence-electron chi connectivity index (χ3n) is 3.29. The molecule has 0 bridgehead atoms. The maximum Gasteiger partial charge on any atom is 0.00979 e. The summed E-state index contributed by atoms with van der Waals surface area (Å²) < 4.78 is 0. The fourth-order valence-electron chi connectivity index (χ4n) is 2.33. The molecule has 0 spiro atoms. The number of nitrogens with one attached hydrogen (secondary N) is 1. The molecule has 64 valence electrons. The van der Waals surface area contributed by atoms with E-state index in [0.717, 1.165) is 17.9 Å². The maximum absolute atomic E-state index is 3.67. The molecule has 2 aliphatic rings. The van der Waals surface area contributed by atoms with Crippen molar-refractivity contribution >= 4 is 0 Å². The first-order chi connectivity index (χ1) is 5.38. The standard InChI is InChI=1S/C10H19N/c1-8-7-9(8)10-5-3-2-4-6-11-10/h8-11H,2-7H2,1H3. The van der Waals surface area contributed by atoms with Gasteiger partial charge in [-0.05, 0) is 37.6 Å². The van der Waals surface area contributed by atoms with Crippen molar-refractivity contribution in [2.24, 2.45) is 11.8 Å². The predicted molar refractivity (Wildman–Crippen MR) is 47.5 cm³/mol. The van der Waals surface area contributed by atoms with E-state index < -0.39 is 0 Å². The van der Waals surface area contributed by atoms with E-state index in [4.69, 9.17) is 0 Å². The summed E-state index contributed by atoms with van der Waals surface area (Å²) in [5.41, 5.74) is 0. The fraction of sp³-hybridized carbons (Fsp3) is 1.00. The van der Waals surface area contributed by atoms with E-state index in [1.807, 2.05) is 0 Å². The van der Waals surface area contributed by atoms with Gasteiger partial charge < -0.3 is 5.32 Å². The van der Waals surface area contributed by atoms with Gasteiger partial charge in [-0.1, -0.05) is 19.8 Å². The summed E-state index contributed by atoms with van der Waals surface area (Å²) in [6, 6.07) is 0.882. The highest BCUT2D eigenvalue weighted by Gasteiger charge is 2.38. The van der Waals surface area contributed by atoms with Gasteiger partial charge in [-0.2, -0.15) is 0 Å². The second-order valence-electron chi connectivity index (χ2n) is 4.29. The highest BCUT2D eigenvalue weighted by molar-refractivity contribution is 4.92. The Morgan fingerprint density at radius 1 is 1.18 bits per heavy atom. The van der Waals surface area contributed by atoms with E-state index in [9.17, 15) is 0 Å². The second-order valence-corrected chi connectivity index (χ2v) is 4.29. The van der Waals surface area contributed by atoms with Crippen LogP contribution in [0.1, 0.15) is 39.0 Å². The van der Waals surface area contributed by atoms with Gasteiger partial charge in [0.2, 0.25) is 0 Å². The Morgan fingerprint density at radius 2 is 2.00 bits per heavy atom. The van der Waals surface area contributed by atoms with Crippen molar-refractivity contribution in [1.29, 1.82) is 0 Å². The van der Waals surface area contributed by atoms with Gasteiger partial charge in [0.1, 0.15) is 0 Å². The molecule has 1 N–H and O–H groups in total. The minimum Gasteiger partial charge on any atom is -0.314 e. The summed E-state index contributed by atoms with van der Waals surface area (Å²) in [5.74, 6) is 2.05. The van der Waals surface area contributed by atoms with Crippen LogP contribution in [-0.4, -0.2) is 12.6 Å². The SMILES string of the molecule is CC1CC1C1CCCCCN1. The molecule has 1 heterocycles. The molecule has 1 heteroatoms. The van der Waals surface area contributed by atoms with Crippen molar-refractivity contribution in [2.75, 3.05) is 6.54 Å². The number of rotatable bonds is 1. The number of hydrogen-bond donors (Lipinski definition) is 1. The Kier molecular flexibility index (Phi) is 2.17. The predicted octanol–water partition coefficient (Wildman–Crippen LogP) is 2.17. The van der Waals surface area contributed by atoms with Crippen molar-refractivity contribution in [2.45, 2.75) is 45.1 Å². The quantitative estimate of drug-likeness (QED) is 0.609. The average Bonchev–Trinajstić information content (AvgIpc) is 2.71. The van der Waals surface area contributed by atoms with Crippen LogP contribution in [0.2, 0.25) is 0 Å². The lowest BCUT2D eigenvalue weighted by Crippen LogP contribution is -2.30. The molecule has 2 rings (SSSR count). The van der Waals surface area contributed by atoms with Crippen LogP contribution in [-0.2, 0) is 0 Å². The second kappa shape index (κ2) is 3.14.